The predicted octanol–water partition coefficient (Wildman–Crippen LogP) is 14.6. The molecule has 2 heterocycles. The number of rotatable bonds is 5. The Balaban J connectivity index is 1.05. The van der Waals surface area contributed by atoms with Gasteiger partial charge in [0.15, 0.2) is 0 Å². The van der Waals surface area contributed by atoms with Gasteiger partial charge in [0.2, 0.25) is 0 Å². The van der Waals surface area contributed by atoms with Gasteiger partial charge in [-0.1, -0.05) is 111 Å². The number of fused-ring (bicyclic) bond motifs is 9. The van der Waals surface area contributed by atoms with Crippen LogP contribution in [0.4, 0.5) is 17.1 Å². The fourth-order valence-electron chi connectivity index (χ4n) is 8.96. The second-order valence-electron chi connectivity index (χ2n) is 15.0. The quantitative estimate of drug-likeness (QED) is 0.173. The summed E-state index contributed by atoms with van der Waals surface area (Å²) in [6.07, 6.45) is 0. The van der Waals surface area contributed by atoms with Crippen LogP contribution in [0.25, 0.3) is 69.9 Å². The van der Waals surface area contributed by atoms with E-state index in [2.05, 4.69) is 205 Å². The SMILES string of the molecule is CC1(C)c2ccccc2-c2cc(N(c3ccccc3)c3ccc4sc5ccc(-c6ccc7c(c6)c6ccccc6n7-c6ccccc6)cc5c4c3)ccc21. The monoisotopic (exact) mass is 708 g/mol. The third kappa shape index (κ3) is 4.65. The molecule has 0 bridgehead atoms. The predicted molar refractivity (Wildman–Crippen MR) is 231 cm³/mol. The summed E-state index contributed by atoms with van der Waals surface area (Å²) in [6, 6.07) is 67.1. The van der Waals surface area contributed by atoms with Crippen LogP contribution in [-0.2, 0) is 5.41 Å². The van der Waals surface area contributed by atoms with E-state index in [0.717, 1.165) is 17.1 Å². The molecule has 3 heteroatoms. The Morgan fingerprint density at radius 2 is 1.02 bits per heavy atom. The van der Waals surface area contributed by atoms with Gasteiger partial charge in [-0.05, 0) is 118 Å². The second kappa shape index (κ2) is 11.8. The summed E-state index contributed by atoms with van der Waals surface area (Å²) in [5, 5.41) is 5.11. The number of aromatic nitrogens is 1. The number of hydrogen-bond donors (Lipinski definition) is 0. The zero-order valence-electron chi connectivity index (χ0n) is 30.1. The highest BCUT2D eigenvalue weighted by Crippen LogP contribution is 2.51. The Morgan fingerprint density at radius 1 is 0.426 bits per heavy atom. The minimum atomic E-state index is -0.0300. The smallest absolute Gasteiger partial charge is 0.0541 e. The minimum Gasteiger partial charge on any atom is -0.310 e. The first-order valence-corrected chi connectivity index (χ1v) is 19.5. The van der Waals surface area contributed by atoms with E-state index in [9.17, 15) is 0 Å². The highest BCUT2D eigenvalue weighted by Gasteiger charge is 2.35. The van der Waals surface area contributed by atoms with Crippen LogP contribution in [0, 0.1) is 0 Å². The van der Waals surface area contributed by atoms with E-state index >= 15 is 0 Å². The van der Waals surface area contributed by atoms with Crippen molar-refractivity contribution in [2.45, 2.75) is 19.3 Å². The molecule has 8 aromatic carbocycles. The fraction of sp³-hybridized carbons (Fsp3) is 0.0588. The molecule has 0 N–H and O–H groups in total. The third-order valence-electron chi connectivity index (χ3n) is 11.6. The molecule has 11 rings (SSSR count). The molecule has 0 unspecified atom stereocenters. The van der Waals surface area contributed by atoms with Crippen LogP contribution in [-0.4, -0.2) is 4.57 Å². The molecule has 0 saturated carbocycles. The first-order valence-electron chi connectivity index (χ1n) is 18.7. The molecule has 2 aromatic heterocycles. The maximum Gasteiger partial charge on any atom is 0.0541 e. The van der Waals surface area contributed by atoms with Crippen LogP contribution < -0.4 is 4.90 Å². The zero-order valence-corrected chi connectivity index (χ0v) is 30.9. The summed E-state index contributed by atoms with van der Waals surface area (Å²) in [5.74, 6) is 0. The van der Waals surface area contributed by atoms with Gasteiger partial charge in [0.1, 0.15) is 0 Å². The van der Waals surface area contributed by atoms with E-state index in [1.165, 1.54) is 81.0 Å². The fourth-order valence-corrected chi connectivity index (χ4v) is 10.0. The summed E-state index contributed by atoms with van der Waals surface area (Å²) < 4.78 is 4.98. The average molecular weight is 709 g/mol. The molecule has 0 spiro atoms. The Labute approximate surface area is 318 Å². The molecule has 0 saturated heterocycles. The summed E-state index contributed by atoms with van der Waals surface area (Å²) in [7, 11) is 0. The van der Waals surface area contributed by atoms with Crippen molar-refractivity contribution in [1.29, 1.82) is 0 Å². The Kier molecular flexibility index (Phi) is 6.80. The van der Waals surface area contributed by atoms with Crippen molar-refractivity contribution in [3.8, 4) is 27.9 Å². The molecule has 0 atom stereocenters. The molecule has 0 amide bonds. The van der Waals surface area contributed by atoms with Gasteiger partial charge in [-0.25, -0.2) is 0 Å². The van der Waals surface area contributed by atoms with E-state index in [4.69, 9.17) is 0 Å². The van der Waals surface area contributed by atoms with Crippen LogP contribution in [0.5, 0.6) is 0 Å². The van der Waals surface area contributed by atoms with Gasteiger partial charge in [-0.3, -0.25) is 0 Å². The average Bonchev–Trinajstić information content (AvgIpc) is 3.83. The zero-order chi connectivity index (χ0) is 36.0. The maximum absolute atomic E-state index is 2.41. The van der Waals surface area contributed by atoms with Crippen LogP contribution >= 0.6 is 11.3 Å². The lowest BCUT2D eigenvalue weighted by Crippen LogP contribution is -2.15. The molecule has 10 aromatic rings. The number of benzene rings is 8. The lowest BCUT2D eigenvalue weighted by molar-refractivity contribution is 0.660. The normalized spacial score (nSPS) is 13.1. The molecule has 1 aliphatic carbocycles. The van der Waals surface area contributed by atoms with Gasteiger partial charge in [-0.2, -0.15) is 0 Å². The Bertz CT molecular complexity index is 3080. The van der Waals surface area contributed by atoms with E-state index in [0.29, 0.717) is 0 Å². The van der Waals surface area contributed by atoms with Gasteiger partial charge in [-0.15, -0.1) is 11.3 Å². The minimum absolute atomic E-state index is 0.0300. The molecule has 0 radical (unpaired) electrons. The molecule has 1 aliphatic rings. The van der Waals surface area contributed by atoms with Crippen LogP contribution in [0.1, 0.15) is 25.0 Å². The van der Waals surface area contributed by atoms with Crippen molar-refractivity contribution < 1.29 is 0 Å². The van der Waals surface area contributed by atoms with E-state index in [1.807, 2.05) is 11.3 Å². The molecule has 256 valence electrons. The second-order valence-corrected chi connectivity index (χ2v) is 16.1. The molecule has 0 fully saturated rings. The first kappa shape index (κ1) is 31.1. The van der Waals surface area contributed by atoms with Crippen LogP contribution in [0.3, 0.4) is 0 Å². The van der Waals surface area contributed by atoms with Gasteiger partial charge in [0.05, 0.1) is 11.0 Å². The lowest BCUT2D eigenvalue weighted by atomic mass is 9.82. The van der Waals surface area contributed by atoms with Gasteiger partial charge in [0.25, 0.3) is 0 Å². The molecular weight excluding hydrogens is 673 g/mol. The summed E-state index contributed by atoms with van der Waals surface area (Å²) in [5.41, 5.74) is 14.9. The van der Waals surface area contributed by atoms with Crippen molar-refractivity contribution in [2.75, 3.05) is 4.90 Å². The summed E-state index contributed by atoms with van der Waals surface area (Å²) in [6.45, 7) is 4.69. The lowest BCUT2D eigenvalue weighted by Gasteiger charge is -2.27. The molecule has 0 aliphatic heterocycles. The van der Waals surface area contributed by atoms with E-state index in [-0.39, 0.29) is 5.41 Å². The van der Waals surface area contributed by atoms with Crippen LogP contribution in [0.2, 0.25) is 0 Å². The Morgan fingerprint density at radius 3 is 1.85 bits per heavy atom. The topological polar surface area (TPSA) is 8.17 Å². The van der Waals surface area contributed by atoms with E-state index < -0.39 is 0 Å². The van der Waals surface area contributed by atoms with Crippen molar-refractivity contribution in [3.05, 3.63) is 193 Å². The first-order chi connectivity index (χ1) is 26.5. The van der Waals surface area contributed by atoms with Gasteiger partial charge >= 0.3 is 0 Å². The molecule has 54 heavy (non-hydrogen) atoms. The number of anilines is 3. The Hall–Kier alpha value is -6.42. The molecular formula is C51H36N2S. The maximum atomic E-state index is 2.41. The standard InChI is InChI=1S/C51H36N2S/c1-51(2)45-19-11-9-17-39(45)41-31-37(23-25-46(41)51)52(35-13-5-3-6-14-35)38-24-28-50-44(32-38)43-30-34(22-27-49(43)54-50)33-21-26-48-42(29-33)40-18-10-12-20-47(40)53(48)36-15-7-4-8-16-36/h3-32H,1-2H3. The number of hydrogen-bond acceptors (Lipinski definition) is 2. The summed E-state index contributed by atoms with van der Waals surface area (Å²) >= 11 is 1.87. The highest BCUT2D eigenvalue weighted by atomic mass is 32.1. The number of thiophene rings is 1. The van der Waals surface area contributed by atoms with Crippen molar-refractivity contribution in [3.63, 3.8) is 0 Å². The third-order valence-corrected chi connectivity index (χ3v) is 12.7. The molecule has 2 nitrogen and oxygen atoms in total. The van der Waals surface area contributed by atoms with Gasteiger partial charge in [0, 0.05) is 59.1 Å². The largest absolute Gasteiger partial charge is 0.310 e. The van der Waals surface area contributed by atoms with Gasteiger partial charge < -0.3 is 9.47 Å². The van der Waals surface area contributed by atoms with E-state index in [1.54, 1.807) is 0 Å². The summed E-state index contributed by atoms with van der Waals surface area (Å²) in [4.78, 5) is 2.41. The van der Waals surface area contributed by atoms with Crippen molar-refractivity contribution in [1.82, 2.24) is 4.57 Å². The highest BCUT2D eigenvalue weighted by molar-refractivity contribution is 7.25. The number of nitrogens with zero attached hydrogens (tertiary/aromatic N) is 2. The number of para-hydroxylation sites is 3. The van der Waals surface area contributed by atoms with Crippen molar-refractivity contribution in [2.24, 2.45) is 0 Å². The van der Waals surface area contributed by atoms with Crippen LogP contribution in [0.15, 0.2) is 182 Å². The van der Waals surface area contributed by atoms with Crippen molar-refractivity contribution >= 4 is 70.4 Å².